The Morgan fingerprint density at radius 2 is 2.13 bits per heavy atom. The standard InChI is InChI=1S/C21H22N4O4S2/c1-2-10-25-20(28)17-13-7-4-3-5-9-15(13)31-19(17)22-21(25)30-12-16(26)23-24-18(27)14-8-6-11-29-14/h2,6,8,11H,1,3-5,7,9-10,12H2,(H,23,26)(H,24,27). The highest BCUT2D eigenvalue weighted by Crippen LogP contribution is 2.34. The lowest BCUT2D eigenvalue weighted by Gasteiger charge is -2.11. The van der Waals surface area contributed by atoms with Gasteiger partial charge in [-0.15, -0.1) is 17.9 Å². The fourth-order valence-electron chi connectivity index (χ4n) is 3.56. The molecule has 1 aliphatic rings. The summed E-state index contributed by atoms with van der Waals surface area (Å²) in [5, 5.41) is 1.17. The molecule has 4 rings (SSSR count). The number of hydrazine groups is 1. The van der Waals surface area contributed by atoms with Crippen LogP contribution < -0.4 is 16.4 Å². The SMILES string of the molecule is C=CCn1c(SCC(=O)NNC(=O)c2ccco2)nc2sc3c(c2c1=O)CCCCC3. The molecule has 0 aromatic carbocycles. The normalized spacial score (nSPS) is 13.4. The van der Waals surface area contributed by atoms with Crippen molar-refractivity contribution in [3.8, 4) is 0 Å². The molecule has 2 N–H and O–H groups in total. The molecule has 3 aromatic rings. The predicted molar refractivity (Wildman–Crippen MR) is 120 cm³/mol. The lowest BCUT2D eigenvalue weighted by Crippen LogP contribution is -2.42. The molecule has 3 heterocycles. The number of carbonyl (C=O) groups excluding carboxylic acids is 2. The van der Waals surface area contributed by atoms with E-state index in [1.807, 2.05) is 0 Å². The van der Waals surface area contributed by atoms with Crippen LogP contribution in [0.3, 0.4) is 0 Å². The predicted octanol–water partition coefficient (Wildman–Crippen LogP) is 3.06. The fourth-order valence-corrected chi connectivity index (χ4v) is 5.67. The lowest BCUT2D eigenvalue weighted by atomic mass is 10.1. The number of amides is 2. The second kappa shape index (κ2) is 9.52. The number of nitrogens with one attached hydrogen (secondary N) is 2. The first-order valence-electron chi connectivity index (χ1n) is 10.00. The highest BCUT2D eigenvalue weighted by Gasteiger charge is 2.21. The highest BCUT2D eigenvalue weighted by atomic mass is 32.2. The van der Waals surface area contributed by atoms with E-state index in [1.54, 1.807) is 28.0 Å². The van der Waals surface area contributed by atoms with Crippen LogP contribution in [0.4, 0.5) is 0 Å². The van der Waals surface area contributed by atoms with Gasteiger partial charge in [0.05, 0.1) is 17.4 Å². The van der Waals surface area contributed by atoms with E-state index in [0.717, 1.165) is 47.8 Å². The Bertz CT molecular complexity index is 1180. The summed E-state index contributed by atoms with van der Waals surface area (Å²) in [5.74, 6) is -0.895. The highest BCUT2D eigenvalue weighted by molar-refractivity contribution is 7.99. The van der Waals surface area contributed by atoms with Gasteiger partial charge < -0.3 is 4.42 Å². The van der Waals surface area contributed by atoms with Crippen molar-refractivity contribution < 1.29 is 14.0 Å². The van der Waals surface area contributed by atoms with Crippen LogP contribution >= 0.6 is 23.1 Å². The number of allylic oxidation sites excluding steroid dienone is 1. The molecule has 0 radical (unpaired) electrons. The third kappa shape index (κ3) is 4.59. The van der Waals surface area contributed by atoms with Gasteiger partial charge in [0.15, 0.2) is 10.9 Å². The molecule has 0 aliphatic heterocycles. The quantitative estimate of drug-likeness (QED) is 0.193. The Labute approximate surface area is 186 Å². The van der Waals surface area contributed by atoms with Crippen LogP contribution in [0.25, 0.3) is 10.2 Å². The van der Waals surface area contributed by atoms with E-state index >= 15 is 0 Å². The van der Waals surface area contributed by atoms with Gasteiger partial charge in [-0.05, 0) is 43.4 Å². The number of nitrogens with zero attached hydrogens (tertiary/aromatic N) is 2. The fraction of sp³-hybridized carbons (Fsp3) is 0.333. The number of aryl methyl sites for hydroxylation is 2. The first-order chi connectivity index (χ1) is 15.1. The second-order valence-corrected chi connectivity index (χ2v) is 9.14. The molecule has 0 saturated carbocycles. The molecule has 162 valence electrons. The molecule has 0 spiro atoms. The molecule has 2 amide bonds. The molecule has 0 saturated heterocycles. The number of fused-ring (bicyclic) bond motifs is 3. The van der Waals surface area contributed by atoms with Crippen molar-refractivity contribution in [1.82, 2.24) is 20.4 Å². The molecule has 0 atom stereocenters. The van der Waals surface area contributed by atoms with Gasteiger partial charge in [0.1, 0.15) is 4.83 Å². The van der Waals surface area contributed by atoms with Gasteiger partial charge in [0.2, 0.25) is 5.91 Å². The Kier molecular flexibility index (Phi) is 6.57. The van der Waals surface area contributed by atoms with Crippen LogP contribution in [0.1, 0.15) is 40.3 Å². The van der Waals surface area contributed by atoms with Gasteiger partial charge in [-0.1, -0.05) is 24.3 Å². The Morgan fingerprint density at radius 1 is 1.29 bits per heavy atom. The summed E-state index contributed by atoms with van der Waals surface area (Å²) >= 11 is 2.73. The summed E-state index contributed by atoms with van der Waals surface area (Å²) in [5.41, 5.74) is 5.69. The zero-order valence-corrected chi connectivity index (χ0v) is 18.4. The van der Waals surface area contributed by atoms with E-state index in [9.17, 15) is 14.4 Å². The molecular formula is C21H22N4O4S2. The zero-order valence-electron chi connectivity index (χ0n) is 16.8. The minimum atomic E-state index is -0.549. The van der Waals surface area contributed by atoms with Crippen molar-refractivity contribution in [3.05, 3.63) is 57.6 Å². The zero-order chi connectivity index (χ0) is 21.8. The van der Waals surface area contributed by atoms with Gasteiger partial charge in [0, 0.05) is 11.4 Å². The topological polar surface area (TPSA) is 106 Å². The van der Waals surface area contributed by atoms with Gasteiger partial charge in [-0.3, -0.25) is 29.8 Å². The molecule has 31 heavy (non-hydrogen) atoms. The summed E-state index contributed by atoms with van der Waals surface area (Å²) in [7, 11) is 0. The van der Waals surface area contributed by atoms with Crippen molar-refractivity contribution in [2.75, 3.05) is 5.75 Å². The van der Waals surface area contributed by atoms with Crippen LogP contribution in [-0.4, -0.2) is 27.1 Å². The van der Waals surface area contributed by atoms with Crippen molar-refractivity contribution >= 4 is 45.1 Å². The molecule has 0 fully saturated rings. The van der Waals surface area contributed by atoms with Crippen molar-refractivity contribution in [3.63, 3.8) is 0 Å². The molecular weight excluding hydrogens is 436 g/mol. The maximum Gasteiger partial charge on any atom is 0.305 e. The number of hydrogen-bond acceptors (Lipinski definition) is 7. The van der Waals surface area contributed by atoms with Gasteiger partial charge in [-0.25, -0.2) is 4.98 Å². The van der Waals surface area contributed by atoms with Crippen LogP contribution in [0.15, 0.2) is 45.4 Å². The maximum absolute atomic E-state index is 13.3. The van der Waals surface area contributed by atoms with Crippen LogP contribution in [0.5, 0.6) is 0 Å². The number of carbonyl (C=O) groups is 2. The summed E-state index contributed by atoms with van der Waals surface area (Å²) in [4.78, 5) is 44.0. The smallest absolute Gasteiger partial charge is 0.305 e. The van der Waals surface area contributed by atoms with Gasteiger partial charge >= 0.3 is 5.91 Å². The van der Waals surface area contributed by atoms with Crippen LogP contribution in [0, 0.1) is 0 Å². The summed E-state index contributed by atoms with van der Waals surface area (Å²) in [6.07, 6.45) is 8.30. The molecule has 0 unspecified atom stereocenters. The minimum Gasteiger partial charge on any atom is -0.459 e. The Morgan fingerprint density at radius 3 is 2.90 bits per heavy atom. The largest absolute Gasteiger partial charge is 0.459 e. The van der Waals surface area contributed by atoms with E-state index in [-0.39, 0.29) is 17.1 Å². The van der Waals surface area contributed by atoms with Crippen molar-refractivity contribution in [2.45, 2.75) is 43.8 Å². The molecule has 10 heteroatoms. The lowest BCUT2D eigenvalue weighted by molar-refractivity contribution is -0.119. The molecule has 0 bridgehead atoms. The monoisotopic (exact) mass is 458 g/mol. The summed E-state index contributed by atoms with van der Waals surface area (Å²) in [6, 6.07) is 3.07. The van der Waals surface area contributed by atoms with Crippen molar-refractivity contribution in [1.29, 1.82) is 0 Å². The Balaban J connectivity index is 1.52. The average Bonchev–Trinajstić information content (AvgIpc) is 3.36. The number of thiophene rings is 1. The maximum atomic E-state index is 13.3. The summed E-state index contributed by atoms with van der Waals surface area (Å²) < 4.78 is 6.53. The number of rotatable bonds is 6. The molecule has 8 nitrogen and oxygen atoms in total. The van der Waals surface area contributed by atoms with Gasteiger partial charge in [0.25, 0.3) is 5.56 Å². The number of hydrogen-bond donors (Lipinski definition) is 2. The number of thioether (sulfide) groups is 1. The third-order valence-corrected chi connectivity index (χ3v) is 7.16. The van der Waals surface area contributed by atoms with E-state index in [0.29, 0.717) is 17.1 Å². The average molecular weight is 459 g/mol. The number of aromatic nitrogens is 2. The minimum absolute atomic E-state index is 0.0153. The molecule has 1 aliphatic carbocycles. The first-order valence-corrected chi connectivity index (χ1v) is 11.8. The van der Waals surface area contributed by atoms with Crippen LogP contribution in [0.2, 0.25) is 0 Å². The first kappa shape index (κ1) is 21.4. The van der Waals surface area contributed by atoms with E-state index in [4.69, 9.17) is 9.40 Å². The van der Waals surface area contributed by atoms with Crippen molar-refractivity contribution in [2.24, 2.45) is 0 Å². The van der Waals surface area contributed by atoms with Gasteiger partial charge in [-0.2, -0.15) is 0 Å². The Hall–Kier alpha value is -2.85. The van der Waals surface area contributed by atoms with Crippen LogP contribution in [-0.2, 0) is 24.2 Å². The number of furan rings is 1. The summed E-state index contributed by atoms with van der Waals surface area (Å²) in [6.45, 7) is 4.06. The van der Waals surface area contributed by atoms with E-state index < -0.39 is 11.8 Å². The second-order valence-electron chi connectivity index (χ2n) is 7.11. The molecule has 3 aromatic heterocycles. The van der Waals surface area contributed by atoms with E-state index in [2.05, 4.69) is 17.4 Å². The van der Waals surface area contributed by atoms with E-state index in [1.165, 1.54) is 23.6 Å². The third-order valence-electron chi connectivity index (χ3n) is 4.99.